The summed E-state index contributed by atoms with van der Waals surface area (Å²) in [5.41, 5.74) is 3.08. The molecule has 0 radical (unpaired) electrons. The summed E-state index contributed by atoms with van der Waals surface area (Å²) >= 11 is 0. The van der Waals surface area contributed by atoms with E-state index < -0.39 is 35.5 Å². The number of hydrogen-bond donors (Lipinski definition) is 2. The number of benzene rings is 3. The number of para-hydroxylation sites is 1. The van der Waals surface area contributed by atoms with Crippen molar-refractivity contribution in [1.29, 1.82) is 0 Å². The summed E-state index contributed by atoms with van der Waals surface area (Å²) < 4.78 is 24.0. The van der Waals surface area contributed by atoms with Crippen LogP contribution >= 0.6 is 0 Å². The molecule has 3 aromatic carbocycles. The number of hydrogen-bond acceptors (Lipinski definition) is 8. The van der Waals surface area contributed by atoms with Gasteiger partial charge in [0.1, 0.15) is 24.1 Å². The zero-order valence-electron chi connectivity index (χ0n) is 28.7. The number of aryl methyl sites for hydroxylation is 1. The fourth-order valence-electron chi connectivity index (χ4n) is 5.96. The molecule has 0 bridgehead atoms. The molecule has 2 aromatic heterocycles. The summed E-state index contributed by atoms with van der Waals surface area (Å²) in [7, 11) is 0. The normalized spacial score (nSPS) is 13.5. The Morgan fingerprint density at radius 3 is 2.52 bits per heavy atom. The number of fused-ring (bicyclic) bond motifs is 2. The van der Waals surface area contributed by atoms with Crippen LogP contribution in [-0.2, 0) is 44.9 Å². The fraction of sp³-hybridized carbons (Fsp3) is 0.333. The van der Waals surface area contributed by atoms with Crippen LogP contribution in [0, 0.1) is 0 Å². The molecule has 1 aliphatic rings. The van der Waals surface area contributed by atoms with Crippen molar-refractivity contribution < 1.29 is 33.3 Å². The number of nitrogens with one attached hydrogen (secondary N) is 2. The van der Waals surface area contributed by atoms with E-state index in [2.05, 4.69) is 10.3 Å². The Hall–Kier alpha value is -5.58. The Balaban J connectivity index is 1.31. The largest absolute Gasteiger partial charge is 0.459 e. The maximum Gasteiger partial charge on any atom is 0.419 e. The number of carbonyl (C=O) groups excluding carboxylic acids is 3. The zero-order valence-corrected chi connectivity index (χ0v) is 28.7. The first kappa shape index (κ1) is 34.3. The highest BCUT2D eigenvalue weighted by molar-refractivity contribution is 5.90. The van der Waals surface area contributed by atoms with Crippen LogP contribution in [-0.4, -0.2) is 50.9 Å². The predicted molar refractivity (Wildman–Crippen MR) is 187 cm³/mol. The molecule has 3 heterocycles. The van der Waals surface area contributed by atoms with E-state index >= 15 is 0 Å². The van der Waals surface area contributed by atoms with Crippen LogP contribution in [0.1, 0.15) is 68.2 Å². The van der Waals surface area contributed by atoms with E-state index in [1.165, 1.54) is 4.57 Å². The van der Waals surface area contributed by atoms with Crippen molar-refractivity contribution in [2.24, 2.45) is 0 Å². The second-order valence-corrected chi connectivity index (χ2v) is 13.3. The van der Waals surface area contributed by atoms with Crippen LogP contribution in [0.4, 0.5) is 4.79 Å². The van der Waals surface area contributed by atoms with E-state index in [0.29, 0.717) is 35.0 Å². The number of imidazole rings is 1. The summed E-state index contributed by atoms with van der Waals surface area (Å²) in [6.45, 7) is 7.56. The number of aromatic amines is 1. The highest BCUT2D eigenvalue weighted by atomic mass is 16.7. The van der Waals surface area contributed by atoms with E-state index in [1.807, 2.05) is 67.7 Å². The minimum Gasteiger partial charge on any atom is -0.459 e. The van der Waals surface area contributed by atoms with Crippen LogP contribution in [0.2, 0.25) is 0 Å². The average molecular weight is 679 g/mol. The van der Waals surface area contributed by atoms with E-state index in [4.69, 9.17) is 23.9 Å². The molecule has 0 aliphatic carbocycles. The van der Waals surface area contributed by atoms with Crippen LogP contribution < -0.4 is 14.8 Å². The molecule has 6 rings (SSSR count). The minimum atomic E-state index is -1.00. The lowest BCUT2D eigenvalue weighted by Crippen LogP contribution is -2.45. The van der Waals surface area contributed by atoms with Gasteiger partial charge in [0.25, 0.3) is 0 Å². The summed E-state index contributed by atoms with van der Waals surface area (Å²) in [5.74, 6) is -0.139. The van der Waals surface area contributed by atoms with Gasteiger partial charge in [-0.05, 0) is 62.1 Å². The fourth-order valence-corrected chi connectivity index (χ4v) is 5.96. The highest BCUT2D eigenvalue weighted by Crippen LogP contribution is 2.36. The number of aromatic nitrogens is 3. The van der Waals surface area contributed by atoms with Gasteiger partial charge < -0.3 is 29.2 Å². The van der Waals surface area contributed by atoms with Gasteiger partial charge in [-0.25, -0.2) is 19.1 Å². The van der Waals surface area contributed by atoms with Gasteiger partial charge in [0, 0.05) is 42.6 Å². The molecule has 5 aromatic rings. The van der Waals surface area contributed by atoms with Crippen molar-refractivity contribution in [1.82, 2.24) is 19.9 Å². The smallest absolute Gasteiger partial charge is 0.419 e. The van der Waals surface area contributed by atoms with Gasteiger partial charge in [-0.2, -0.15) is 0 Å². The SMILES string of the molecule is CCCc1nc(CC(C(=O)N[C@@H](Cc2c[nH]c3ccccc23)C(=O)OCc2ccccc2)c2ccc3c(c2)OCO3)cn1C(=O)OC(C)(C)C. The Kier molecular flexibility index (Phi) is 10.2. The third kappa shape index (κ3) is 8.16. The Morgan fingerprint density at radius 1 is 0.980 bits per heavy atom. The van der Waals surface area contributed by atoms with Gasteiger partial charge in [0.15, 0.2) is 11.5 Å². The summed E-state index contributed by atoms with van der Waals surface area (Å²) in [4.78, 5) is 49.4. The first-order chi connectivity index (χ1) is 24.1. The first-order valence-corrected chi connectivity index (χ1v) is 16.8. The average Bonchev–Trinajstić information content (AvgIpc) is 3.84. The molecule has 2 N–H and O–H groups in total. The minimum absolute atomic E-state index is 0.0633. The van der Waals surface area contributed by atoms with Crippen molar-refractivity contribution in [3.8, 4) is 11.5 Å². The number of esters is 1. The van der Waals surface area contributed by atoms with Crippen molar-refractivity contribution in [3.05, 3.63) is 113 Å². The molecule has 1 aliphatic heterocycles. The molecule has 260 valence electrons. The van der Waals surface area contributed by atoms with E-state index in [1.54, 1.807) is 45.2 Å². The van der Waals surface area contributed by atoms with Crippen LogP contribution in [0.15, 0.2) is 85.2 Å². The van der Waals surface area contributed by atoms with Gasteiger partial charge in [0.2, 0.25) is 12.7 Å². The first-order valence-electron chi connectivity index (χ1n) is 16.8. The van der Waals surface area contributed by atoms with Crippen LogP contribution in [0.5, 0.6) is 11.5 Å². The number of ether oxygens (including phenoxy) is 4. The van der Waals surface area contributed by atoms with Crippen molar-refractivity contribution in [2.45, 2.75) is 77.5 Å². The number of rotatable bonds is 12. The molecule has 0 saturated carbocycles. The standard InChI is InChI=1S/C39H42N4O7/c1-5-11-35-41-28(22-43(35)38(46)50-39(2,3)4)20-30(26-16-17-33-34(19-26)49-24-48-33)36(44)42-32(37(45)47-23-25-12-7-6-8-13-25)18-27-21-40-31-15-10-9-14-29(27)31/h6-10,12-17,19,21-22,30,32,40H,5,11,18,20,23-24H2,1-4H3,(H,42,44)/t30?,32-/m0/s1. The number of amides is 1. The van der Waals surface area contributed by atoms with Gasteiger partial charge in [-0.1, -0.05) is 61.5 Å². The quantitative estimate of drug-likeness (QED) is 0.141. The van der Waals surface area contributed by atoms with E-state index in [0.717, 1.165) is 28.5 Å². The molecule has 0 saturated heterocycles. The second kappa shape index (κ2) is 14.9. The maximum absolute atomic E-state index is 14.4. The maximum atomic E-state index is 14.4. The third-order valence-corrected chi connectivity index (χ3v) is 8.35. The summed E-state index contributed by atoms with van der Waals surface area (Å²) in [6.07, 6.45) is 4.57. The highest BCUT2D eigenvalue weighted by Gasteiger charge is 2.31. The van der Waals surface area contributed by atoms with Crippen molar-refractivity contribution >= 4 is 28.9 Å². The van der Waals surface area contributed by atoms with Gasteiger partial charge in [-0.3, -0.25) is 4.79 Å². The third-order valence-electron chi connectivity index (χ3n) is 8.35. The molecule has 11 heteroatoms. The predicted octanol–water partition coefficient (Wildman–Crippen LogP) is 6.63. The lowest BCUT2D eigenvalue weighted by atomic mass is 9.92. The molecule has 2 atom stereocenters. The van der Waals surface area contributed by atoms with Crippen LogP contribution in [0.25, 0.3) is 10.9 Å². The van der Waals surface area contributed by atoms with Crippen LogP contribution in [0.3, 0.4) is 0 Å². The van der Waals surface area contributed by atoms with Gasteiger partial charge in [0.05, 0.1) is 11.6 Å². The molecule has 1 unspecified atom stereocenters. The number of nitrogens with zero attached hydrogens (tertiary/aromatic N) is 2. The topological polar surface area (TPSA) is 134 Å². The molecule has 0 spiro atoms. The molecule has 1 amide bonds. The van der Waals surface area contributed by atoms with Gasteiger partial charge >= 0.3 is 12.1 Å². The molecule has 50 heavy (non-hydrogen) atoms. The van der Waals surface area contributed by atoms with Gasteiger partial charge in [-0.15, -0.1) is 0 Å². The van der Waals surface area contributed by atoms with E-state index in [9.17, 15) is 14.4 Å². The summed E-state index contributed by atoms with van der Waals surface area (Å²) in [6, 6.07) is 21.5. The zero-order chi connectivity index (χ0) is 35.3. The van der Waals surface area contributed by atoms with Crippen molar-refractivity contribution in [2.75, 3.05) is 6.79 Å². The van der Waals surface area contributed by atoms with Crippen molar-refractivity contribution in [3.63, 3.8) is 0 Å². The molecular formula is C39H42N4O7. The molecule has 0 fully saturated rings. The lowest BCUT2D eigenvalue weighted by molar-refractivity contribution is -0.149. The molecule has 11 nitrogen and oxygen atoms in total. The monoisotopic (exact) mass is 678 g/mol. The lowest BCUT2D eigenvalue weighted by Gasteiger charge is -2.22. The summed E-state index contributed by atoms with van der Waals surface area (Å²) in [5, 5.41) is 3.97. The van der Waals surface area contributed by atoms with E-state index in [-0.39, 0.29) is 26.2 Å². The number of carbonyl (C=O) groups is 3. The Bertz CT molecular complexity index is 1980. The molecular weight excluding hydrogens is 636 g/mol. The Labute approximate surface area is 290 Å². The Morgan fingerprint density at radius 2 is 1.74 bits per heavy atom. The second-order valence-electron chi connectivity index (χ2n) is 13.3. The number of H-pyrrole nitrogens is 1.